The van der Waals surface area contributed by atoms with Crippen molar-refractivity contribution in [2.75, 3.05) is 4.72 Å². The molecule has 2 aromatic heterocycles. The Labute approximate surface area is 183 Å². The number of carbonyl (C=O) groups is 1. The molecule has 0 aliphatic heterocycles. The lowest BCUT2D eigenvalue weighted by molar-refractivity contribution is 0.103. The van der Waals surface area contributed by atoms with Crippen molar-refractivity contribution in [3.05, 3.63) is 80.5 Å². The van der Waals surface area contributed by atoms with E-state index < -0.39 is 34.6 Å². The van der Waals surface area contributed by atoms with Gasteiger partial charge in [0.2, 0.25) is 5.78 Å². The summed E-state index contributed by atoms with van der Waals surface area (Å²) in [5.74, 6) is -4.16. The number of hydrogen-bond acceptors (Lipinski definition) is 4. The number of rotatable bonds is 5. The average Bonchev–Trinajstić information content (AvgIpc) is 3.17. The Balaban J connectivity index is 1.70. The van der Waals surface area contributed by atoms with Crippen LogP contribution in [0.1, 0.15) is 34.3 Å². The average molecular weight is 468 g/mol. The standard InChI is InChI=1S/C21H14ClF4N3OS/c1-9-12(22)8-28-21-17(9)11(7-27-21)20(30)18-14(25)4-5-15(19(18)26)29-31-16-6-10(23)2-3-13(16)24/h4-8,29H,2-3H2,1H3,(H,27,28). The topological polar surface area (TPSA) is 57.8 Å². The Kier molecular flexibility index (Phi) is 5.81. The van der Waals surface area contributed by atoms with Gasteiger partial charge in [-0.3, -0.25) is 4.79 Å². The molecule has 0 bridgehead atoms. The van der Waals surface area contributed by atoms with Crippen molar-refractivity contribution in [3.8, 4) is 0 Å². The molecular weight excluding hydrogens is 454 g/mol. The van der Waals surface area contributed by atoms with Gasteiger partial charge >= 0.3 is 0 Å². The fourth-order valence-electron chi connectivity index (χ4n) is 3.22. The molecule has 160 valence electrons. The van der Waals surface area contributed by atoms with Crippen LogP contribution < -0.4 is 4.72 Å². The first-order valence-corrected chi connectivity index (χ1v) is 10.3. The van der Waals surface area contributed by atoms with E-state index in [9.17, 15) is 18.0 Å². The summed E-state index contributed by atoms with van der Waals surface area (Å²) in [6.07, 6.45) is 3.59. The van der Waals surface area contributed by atoms with Crippen LogP contribution in [0.15, 0.2) is 47.2 Å². The predicted molar refractivity (Wildman–Crippen MR) is 113 cm³/mol. The summed E-state index contributed by atoms with van der Waals surface area (Å²) in [7, 11) is 0. The lowest BCUT2D eigenvalue weighted by atomic mass is 10.00. The number of aromatic nitrogens is 2. The Morgan fingerprint density at radius 2 is 2.00 bits per heavy atom. The number of halogens is 5. The number of carbonyl (C=O) groups excluding carboxylic acids is 1. The van der Waals surface area contributed by atoms with E-state index in [2.05, 4.69) is 14.7 Å². The first kappa shape index (κ1) is 21.5. The Morgan fingerprint density at radius 1 is 1.23 bits per heavy atom. The highest BCUT2D eigenvalue weighted by molar-refractivity contribution is 8.04. The molecule has 1 aromatic carbocycles. The molecular formula is C21H14ClF4N3OS. The zero-order chi connectivity index (χ0) is 22.3. The van der Waals surface area contributed by atoms with Crippen LogP contribution in [0.5, 0.6) is 0 Å². The molecule has 4 nitrogen and oxygen atoms in total. The number of nitrogens with zero attached hydrogens (tertiary/aromatic N) is 1. The second-order valence-corrected chi connectivity index (χ2v) is 8.09. The second-order valence-electron chi connectivity index (χ2n) is 6.83. The molecule has 0 radical (unpaired) electrons. The van der Waals surface area contributed by atoms with E-state index in [0.29, 0.717) is 33.6 Å². The van der Waals surface area contributed by atoms with E-state index in [0.717, 1.165) is 18.2 Å². The number of aromatic amines is 1. The highest BCUT2D eigenvalue weighted by Gasteiger charge is 2.26. The third-order valence-electron chi connectivity index (χ3n) is 4.87. The number of fused-ring (bicyclic) bond motifs is 1. The highest BCUT2D eigenvalue weighted by atomic mass is 35.5. The SMILES string of the molecule is Cc1c(Cl)cnc2[nH]cc(C(=O)c3c(F)ccc(NSC4=C(F)CCC(F)=C4)c3F)c12. The summed E-state index contributed by atoms with van der Waals surface area (Å²) < 4.78 is 59.4. The van der Waals surface area contributed by atoms with Gasteiger partial charge in [-0.15, -0.1) is 0 Å². The minimum absolute atomic E-state index is 0.0103. The predicted octanol–water partition coefficient (Wildman–Crippen LogP) is 6.92. The van der Waals surface area contributed by atoms with E-state index in [1.54, 1.807) is 6.92 Å². The maximum Gasteiger partial charge on any atom is 0.201 e. The van der Waals surface area contributed by atoms with Gasteiger partial charge < -0.3 is 9.71 Å². The van der Waals surface area contributed by atoms with Crippen molar-refractivity contribution in [1.29, 1.82) is 0 Å². The van der Waals surface area contributed by atoms with Crippen LogP contribution in [0, 0.1) is 18.6 Å². The number of anilines is 1. The Bertz CT molecular complexity index is 1290. The normalized spacial score (nSPS) is 14.2. The summed E-state index contributed by atoms with van der Waals surface area (Å²) in [6, 6.07) is 2.00. The van der Waals surface area contributed by atoms with Crippen molar-refractivity contribution >= 4 is 46.1 Å². The van der Waals surface area contributed by atoms with Crippen LogP contribution in [0.2, 0.25) is 5.02 Å². The maximum absolute atomic E-state index is 15.1. The van der Waals surface area contributed by atoms with E-state index in [4.69, 9.17) is 11.6 Å². The lowest BCUT2D eigenvalue weighted by Crippen LogP contribution is -2.09. The molecule has 2 N–H and O–H groups in total. The van der Waals surface area contributed by atoms with Crippen LogP contribution in [0.3, 0.4) is 0 Å². The van der Waals surface area contributed by atoms with Gasteiger partial charge in [0.05, 0.1) is 26.7 Å². The zero-order valence-electron chi connectivity index (χ0n) is 16.0. The van der Waals surface area contributed by atoms with Gasteiger partial charge in [0.1, 0.15) is 23.1 Å². The maximum atomic E-state index is 15.1. The number of H-pyrrole nitrogens is 1. The Hall–Kier alpha value is -2.78. The fourth-order valence-corrected chi connectivity index (χ4v) is 4.14. The summed E-state index contributed by atoms with van der Waals surface area (Å²) in [5.41, 5.74) is -0.135. The van der Waals surface area contributed by atoms with Crippen LogP contribution in [-0.2, 0) is 0 Å². The molecule has 0 spiro atoms. The number of pyridine rings is 1. The number of hydrogen-bond donors (Lipinski definition) is 2. The largest absolute Gasteiger partial charge is 0.345 e. The summed E-state index contributed by atoms with van der Waals surface area (Å²) >= 11 is 6.72. The number of allylic oxidation sites excluding steroid dienone is 3. The van der Waals surface area contributed by atoms with Crippen molar-refractivity contribution in [1.82, 2.24) is 9.97 Å². The van der Waals surface area contributed by atoms with E-state index >= 15 is 4.39 Å². The molecule has 31 heavy (non-hydrogen) atoms. The third-order valence-corrected chi connectivity index (χ3v) is 6.13. The smallest absolute Gasteiger partial charge is 0.201 e. The molecule has 0 amide bonds. The van der Waals surface area contributed by atoms with Crippen LogP contribution in [0.4, 0.5) is 23.2 Å². The lowest BCUT2D eigenvalue weighted by Gasteiger charge is -2.14. The molecule has 0 saturated heterocycles. The molecule has 1 aliphatic rings. The van der Waals surface area contributed by atoms with Crippen LogP contribution >= 0.6 is 23.5 Å². The molecule has 1 aliphatic carbocycles. The summed E-state index contributed by atoms with van der Waals surface area (Å²) in [4.78, 5) is 19.9. The number of ketones is 1. The van der Waals surface area contributed by atoms with Crippen molar-refractivity contribution in [3.63, 3.8) is 0 Å². The second kappa shape index (κ2) is 8.39. The molecule has 3 aromatic rings. The highest BCUT2D eigenvalue weighted by Crippen LogP contribution is 2.35. The molecule has 0 unspecified atom stereocenters. The van der Waals surface area contributed by atoms with Gasteiger partial charge in [-0.1, -0.05) is 11.6 Å². The third kappa shape index (κ3) is 3.95. The van der Waals surface area contributed by atoms with Crippen molar-refractivity contribution in [2.24, 2.45) is 0 Å². The first-order chi connectivity index (χ1) is 14.8. The molecule has 4 rings (SSSR count). The van der Waals surface area contributed by atoms with E-state index in [1.165, 1.54) is 12.4 Å². The minimum atomic E-state index is -1.15. The Morgan fingerprint density at radius 3 is 2.77 bits per heavy atom. The van der Waals surface area contributed by atoms with Crippen LogP contribution in [-0.4, -0.2) is 15.8 Å². The van der Waals surface area contributed by atoms with Gasteiger partial charge in [-0.25, -0.2) is 22.5 Å². The fraction of sp³-hybridized carbons (Fsp3) is 0.143. The molecule has 0 fully saturated rings. The van der Waals surface area contributed by atoms with Gasteiger partial charge in [-0.05, 0) is 42.6 Å². The quantitative estimate of drug-likeness (QED) is 0.243. The van der Waals surface area contributed by atoms with Gasteiger partial charge in [0.15, 0.2) is 5.82 Å². The molecule has 10 heteroatoms. The van der Waals surface area contributed by atoms with E-state index in [-0.39, 0.29) is 29.0 Å². The van der Waals surface area contributed by atoms with E-state index in [1.807, 2.05) is 0 Å². The molecule has 0 saturated carbocycles. The monoisotopic (exact) mass is 467 g/mol. The van der Waals surface area contributed by atoms with Gasteiger partial charge in [-0.2, -0.15) is 0 Å². The van der Waals surface area contributed by atoms with Crippen molar-refractivity contribution in [2.45, 2.75) is 19.8 Å². The zero-order valence-corrected chi connectivity index (χ0v) is 17.5. The summed E-state index contributed by atoms with van der Waals surface area (Å²) in [5, 5.41) is 0.663. The first-order valence-electron chi connectivity index (χ1n) is 9.10. The number of nitrogens with one attached hydrogen (secondary N) is 2. The number of benzene rings is 1. The molecule has 2 heterocycles. The van der Waals surface area contributed by atoms with Crippen molar-refractivity contribution < 1.29 is 22.4 Å². The van der Waals surface area contributed by atoms with Crippen LogP contribution in [0.25, 0.3) is 11.0 Å². The summed E-state index contributed by atoms with van der Waals surface area (Å²) in [6.45, 7) is 1.66. The number of aryl methyl sites for hydroxylation is 1. The molecule has 0 atom stereocenters. The van der Waals surface area contributed by atoms with Gasteiger partial charge in [0, 0.05) is 30.6 Å². The van der Waals surface area contributed by atoms with Gasteiger partial charge in [0.25, 0.3) is 0 Å². The minimum Gasteiger partial charge on any atom is -0.345 e.